The van der Waals surface area contributed by atoms with E-state index in [1.165, 1.54) is 10.4 Å². The Morgan fingerprint density at radius 2 is 1.86 bits per heavy atom. The van der Waals surface area contributed by atoms with Gasteiger partial charge in [-0.25, -0.2) is 4.79 Å². The number of aromatic nitrogens is 3. The van der Waals surface area contributed by atoms with Crippen molar-refractivity contribution in [3.8, 4) is 11.3 Å². The Balaban J connectivity index is 2.16. The second kappa shape index (κ2) is 5.97. The topological polar surface area (TPSA) is 57.0 Å². The first-order valence-corrected chi connectivity index (χ1v) is 7.43. The summed E-state index contributed by atoms with van der Waals surface area (Å²) < 4.78 is 5.86. The van der Waals surface area contributed by atoms with Gasteiger partial charge in [-0.2, -0.15) is 9.90 Å². The first kappa shape index (κ1) is 15.7. The molecule has 21 heavy (non-hydrogen) atoms. The van der Waals surface area contributed by atoms with Gasteiger partial charge in [-0.1, -0.05) is 29.8 Å². The number of hydrogen-bond acceptors (Lipinski definition) is 4. The third-order valence-corrected chi connectivity index (χ3v) is 3.16. The molecule has 2 rings (SSSR count). The van der Waals surface area contributed by atoms with E-state index in [1.807, 2.05) is 52.0 Å². The predicted octanol–water partition coefficient (Wildman–Crippen LogP) is 3.36. The Morgan fingerprint density at radius 1 is 1.24 bits per heavy atom. The number of benzene rings is 1. The van der Waals surface area contributed by atoms with E-state index in [0.717, 1.165) is 5.56 Å². The summed E-state index contributed by atoms with van der Waals surface area (Å²) in [7, 11) is 0. The highest BCUT2D eigenvalue weighted by Gasteiger charge is 2.18. The minimum absolute atomic E-state index is 0.0122. The monoisotopic (exact) mass is 351 g/mol. The molecule has 0 fully saturated rings. The van der Waals surface area contributed by atoms with Crippen molar-refractivity contribution >= 4 is 21.9 Å². The summed E-state index contributed by atoms with van der Waals surface area (Å²) >= 11 is 3.38. The van der Waals surface area contributed by atoms with Gasteiger partial charge in [0.15, 0.2) is 11.1 Å². The SMILES string of the molecule is Cc1ccc(-c2nn(CC(=O)OC(C)(C)C)nc2Br)cc1. The van der Waals surface area contributed by atoms with Crippen LogP contribution in [0.3, 0.4) is 0 Å². The fourth-order valence-electron chi connectivity index (χ4n) is 1.78. The molecular weight excluding hydrogens is 334 g/mol. The lowest BCUT2D eigenvalue weighted by Crippen LogP contribution is -2.27. The van der Waals surface area contributed by atoms with Crippen molar-refractivity contribution in [1.82, 2.24) is 15.0 Å². The average Bonchev–Trinajstić information content (AvgIpc) is 2.68. The number of carbonyl (C=O) groups excluding carboxylic acids is 1. The number of hydrogen-bond donors (Lipinski definition) is 0. The molecular formula is C15H18BrN3O2. The van der Waals surface area contributed by atoms with E-state index >= 15 is 0 Å². The third kappa shape index (κ3) is 4.39. The van der Waals surface area contributed by atoms with Gasteiger partial charge in [-0.15, -0.1) is 5.10 Å². The third-order valence-electron chi connectivity index (χ3n) is 2.63. The van der Waals surface area contributed by atoms with Crippen LogP contribution >= 0.6 is 15.9 Å². The Bertz CT molecular complexity index is 642. The zero-order valence-electron chi connectivity index (χ0n) is 12.6. The van der Waals surface area contributed by atoms with Gasteiger partial charge in [0.25, 0.3) is 0 Å². The normalized spacial score (nSPS) is 11.5. The van der Waals surface area contributed by atoms with Gasteiger partial charge in [-0.05, 0) is 43.6 Å². The molecule has 0 N–H and O–H groups in total. The maximum absolute atomic E-state index is 11.8. The van der Waals surface area contributed by atoms with Gasteiger partial charge in [0.1, 0.15) is 11.3 Å². The largest absolute Gasteiger partial charge is 0.459 e. The van der Waals surface area contributed by atoms with Crippen LogP contribution < -0.4 is 0 Å². The van der Waals surface area contributed by atoms with E-state index < -0.39 is 5.60 Å². The summed E-state index contributed by atoms with van der Waals surface area (Å²) in [6.07, 6.45) is 0. The number of ether oxygens (including phenoxy) is 1. The second-order valence-corrected chi connectivity index (χ2v) is 6.57. The fraction of sp³-hybridized carbons (Fsp3) is 0.400. The number of halogens is 1. The van der Waals surface area contributed by atoms with Crippen LogP contribution in [0.5, 0.6) is 0 Å². The quantitative estimate of drug-likeness (QED) is 0.795. The second-order valence-electron chi connectivity index (χ2n) is 5.82. The Hall–Kier alpha value is -1.69. The molecule has 0 aliphatic rings. The van der Waals surface area contributed by atoms with Crippen LogP contribution in [0.15, 0.2) is 28.9 Å². The standard InChI is InChI=1S/C15H18BrN3O2/c1-10-5-7-11(8-6-10)13-14(16)18-19(17-13)9-12(20)21-15(2,3)4/h5-8H,9H2,1-4H3. The molecule has 0 saturated carbocycles. The molecule has 0 radical (unpaired) electrons. The van der Waals surface area contributed by atoms with Crippen LogP contribution in [0.25, 0.3) is 11.3 Å². The highest BCUT2D eigenvalue weighted by Crippen LogP contribution is 2.24. The van der Waals surface area contributed by atoms with Crippen LogP contribution in [0.4, 0.5) is 0 Å². The number of aryl methyl sites for hydroxylation is 1. The van der Waals surface area contributed by atoms with Gasteiger partial charge in [0.2, 0.25) is 0 Å². The van der Waals surface area contributed by atoms with E-state index in [0.29, 0.717) is 10.3 Å². The summed E-state index contributed by atoms with van der Waals surface area (Å²) in [5, 5.41) is 8.54. The lowest BCUT2D eigenvalue weighted by Gasteiger charge is -2.18. The fourth-order valence-corrected chi connectivity index (χ4v) is 2.27. The summed E-state index contributed by atoms with van der Waals surface area (Å²) in [4.78, 5) is 13.1. The zero-order valence-corrected chi connectivity index (χ0v) is 14.1. The highest BCUT2D eigenvalue weighted by molar-refractivity contribution is 9.10. The number of nitrogens with zero attached hydrogens (tertiary/aromatic N) is 3. The summed E-state index contributed by atoms with van der Waals surface area (Å²) in [6.45, 7) is 7.50. The highest BCUT2D eigenvalue weighted by atomic mass is 79.9. The van der Waals surface area contributed by atoms with Crippen LogP contribution in [0.1, 0.15) is 26.3 Å². The van der Waals surface area contributed by atoms with E-state index in [1.54, 1.807) is 0 Å². The Kier molecular flexibility index (Phi) is 4.46. The molecule has 112 valence electrons. The van der Waals surface area contributed by atoms with Gasteiger partial charge >= 0.3 is 5.97 Å². The maximum Gasteiger partial charge on any atom is 0.330 e. The zero-order chi connectivity index (χ0) is 15.6. The summed E-state index contributed by atoms with van der Waals surface area (Å²) in [5.74, 6) is -0.361. The predicted molar refractivity (Wildman–Crippen MR) is 83.7 cm³/mol. The Labute approximate surface area is 132 Å². The number of carbonyl (C=O) groups is 1. The number of rotatable bonds is 3. The molecule has 0 bridgehead atoms. The molecule has 1 aromatic heterocycles. The van der Waals surface area contributed by atoms with Gasteiger partial charge < -0.3 is 4.74 Å². The molecule has 6 heteroatoms. The van der Waals surface area contributed by atoms with Gasteiger partial charge in [-0.3, -0.25) is 0 Å². The van der Waals surface area contributed by atoms with E-state index in [4.69, 9.17) is 4.74 Å². The molecule has 5 nitrogen and oxygen atoms in total. The molecule has 2 aromatic rings. The van der Waals surface area contributed by atoms with Crippen LogP contribution in [0, 0.1) is 6.92 Å². The lowest BCUT2D eigenvalue weighted by molar-refractivity contribution is -0.156. The van der Waals surface area contributed by atoms with Crippen molar-refractivity contribution in [2.75, 3.05) is 0 Å². The van der Waals surface area contributed by atoms with E-state index in [-0.39, 0.29) is 12.5 Å². The maximum atomic E-state index is 11.8. The van der Waals surface area contributed by atoms with Crippen LogP contribution in [-0.2, 0) is 16.1 Å². The lowest BCUT2D eigenvalue weighted by atomic mass is 10.1. The molecule has 0 unspecified atom stereocenters. The molecule has 0 aliphatic carbocycles. The minimum atomic E-state index is -0.513. The van der Waals surface area contributed by atoms with Crippen molar-refractivity contribution in [2.24, 2.45) is 0 Å². The summed E-state index contributed by atoms with van der Waals surface area (Å²) in [6, 6.07) is 7.97. The van der Waals surface area contributed by atoms with Crippen molar-refractivity contribution in [1.29, 1.82) is 0 Å². The molecule has 0 amide bonds. The van der Waals surface area contributed by atoms with Crippen molar-refractivity contribution < 1.29 is 9.53 Å². The molecule has 0 spiro atoms. The molecule has 1 heterocycles. The number of esters is 1. The van der Waals surface area contributed by atoms with Crippen molar-refractivity contribution in [2.45, 2.75) is 39.8 Å². The molecule has 1 aromatic carbocycles. The Morgan fingerprint density at radius 3 is 2.43 bits per heavy atom. The average molecular weight is 352 g/mol. The first-order chi connectivity index (χ1) is 9.74. The molecule has 0 aliphatic heterocycles. The van der Waals surface area contributed by atoms with Crippen molar-refractivity contribution in [3.05, 3.63) is 34.4 Å². The van der Waals surface area contributed by atoms with E-state index in [9.17, 15) is 4.79 Å². The van der Waals surface area contributed by atoms with Gasteiger partial charge in [0, 0.05) is 5.56 Å². The molecule has 0 saturated heterocycles. The molecule has 0 atom stereocenters. The van der Waals surface area contributed by atoms with E-state index in [2.05, 4.69) is 26.1 Å². The summed E-state index contributed by atoms with van der Waals surface area (Å²) in [5.41, 5.74) is 2.32. The van der Waals surface area contributed by atoms with Crippen LogP contribution in [-0.4, -0.2) is 26.6 Å². The van der Waals surface area contributed by atoms with Gasteiger partial charge in [0.05, 0.1) is 0 Å². The van der Waals surface area contributed by atoms with Crippen LogP contribution in [0.2, 0.25) is 0 Å². The first-order valence-electron chi connectivity index (χ1n) is 6.64. The minimum Gasteiger partial charge on any atom is -0.459 e. The smallest absolute Gasteiger partial charge is 0.330 e. The van der Waals surface area contributed by atoms with Crippen molar-refractivity contribution in [3.63, 3.8) is 0 Å².